The molecule has 1 aromatic carbocycles. The molecular formula is C11H14BrF3N2O3S. The summed E-state index contributed by atoms with van der Waals surface area (Å²) in [5, 5.41) is 1.85. The molecule has 1 aromatic rings. The summed E-state index contributed by atoms with van der Waals surface area (Å²) in [6, 6.07) is 3.63. The number of halogens is 4. The second-order valence-electron chi connectivity index (χ2n) is 4.20. The van der Waals surface area contributed by atoms with E-state index in [4.69, 9.17) is 0 Å². The van der Waals surface area contributed by atoms with E-state index in [0.717, 1.165) is 6.07 Å². The van der Waals surface area contributed by atoms with Gasteiger partial charge in [0.15, 0.2) is 5.75 Å². The van der Waals surface area contributed by atoms with Gasteiger partial charge >= 0.3 is 6.36 Å². The van der Waals surface area contributed by atoms with Crippen molar-refractivity contribution in [1.29, 1.82) is 0 Å². The molecule has 1 rings (SSSR count). The third-order valence-electron chi connectivity index (χ3n) is 2.44. The lowest BCUT2D eigenvalue weighted by atomic mass is 10.3. The molecule has 0 radical (unpaired) electrons. The molecule has 120 valence electrons. The van der Waals surface area contributed by atoms with Crippen LogP contribution < -0.4 is 14.8 Å². The van der Waals surface area contributed by atoms with Crippen molar-refractivity contribution < 1.29 is 26.3 Å². The van der Waals surface area contributed by atoms with Crippen LogP contribution in [0.3, 0.4) is 0 Å². The molecule has 0 heterocycles. The molecule has 21 heavy (non-hydrogen) atoms. The largest absolute Gasteiger partial charge is 0.573 e. The molecule has 1 unspecified atom stereocenters. The van der Waals surface area contributed by atoms with Gasteiger partial charge in [0.1, 0.15) is 0 Å². The smallest absolute Gasteiger partial charge is 0.403 e. The minimum Gasteiger partial charge on any atom is -0.403 e. The molecule has 0 aliphatic heterocycles. The monoisotopic (exact) mass is 390 g/mol. The number of hydrogen-bond acceptors (Lipinski definition) is 4. The highest BCUT2D eigenvalue weighted by Crippen LogP contribution is 2.33. The van der Waals surface area contributed by atoms with E-state index in [1.54, 1.807) is 7.05 Å². The zero-order chi connectivity index (χ0) is 16.3. The highest BCUT2D eigenvalue weighted by atomic mass is 79.9. The number of benzene rings is 1. The van der Waals surface area contributed by atoms with Crippen LogP contribution in [-0.4, -0.2) is 33.6 Å². The molecule has 10 heteroatoms. The zero-order valence-electron chi connectivity index (χ0n) is 11.2. The lowest BCUT2D eigenvalue weighted by Crippen LogP contribution is -2.33. The number of ether oxygens (including phenoxy) is 1. The average molecular weight is 391 g/mol. The van der Waals surface area contributed by atoms with Gasteiger partial charge in [-0.3, -0.25) is 4.72 Å². The molecule has 0 spiro atoms. The van der Waals surface area contributed by atoms with Gasteiger partial charge < -0.3 is 10.1 Å². The van der Waals surface area contributed by atoms with E-state index in [9.17, 15) is 21.6 Å². The second-order valence-corrected chi connectivity index (χ2v) is 7.22. The Balaban J connectivity index is 3.08. The maximum absolute atomic E-state index is 12.3. The third-order valence-corrected chi connectivity index (χ3v) is 4.67. The maximum atomic E-state index is 12.3. The van der Waals surface area contributed by atoms with Crippen LogP contribution in [0.1, 0.15) is 6.92 Å². The van der Waals surface area contributed by atoms with Crippen molar-refractivity contribution in [3.05, 3.63) is 22.7 Å². The van der Waals surface area contributed by atoms with Crippen molar-refractivity contribution in [3.8, 4) is 5.75 Å². The van der Waals surface area contributed by atoms with Crippen LogP contribution in [0, 0.1) is 0 Å². The van der Waals surface area contributed by atoms with Crippen molar-refractivity contribution in [2.75, 3.05) is 18.3 Å². The minimum atomic E-state index is -4.92. The molecule has 0 saturated heterocycles. The van der Waals surface area contributed by atoms with E-state index in [1.807, 2.05) is 0 Å². The normalized spacial score (nSPS) is 13.8. The predicted octanol–water partition coefficient (Wildman–Crippen LogP) is 2.70. The molecule has 0 aliphatic rings. The van der Waals surface area contributed by atoms with Crippen LogP contribution in [0.5, 0.6) is 5.75 Å². The van der Waals surface area contributed by atoms with Crippen LogP contribution in [0.4, 0.5) is 18.9 Å². The van der Waals surface area contributed by atoms with E-state index < -0.39 is 27.4 Å². The molecule has 0 saturated carbocycles. The number of rotatable bonds is 6. The van der Waals surface area contributed by atoms with E-state index in [1.165, 1.54) is 19.1 Å². The standard InChI is InChI=1S/C11H14BrF3N2O3S/c1-7(6-16-2)21(18,19)17-9-4-3-8(12)5-10(9)20-11(13,14)15/h3-5,7,16-17H,6H2,1-2H3. The van der Waals surface area contributed by atoms with Gasteiger partial charge in [-0.05, 0) is 32.2 Å². The Morgan fingerprint density at radius 1 is 1.38 bits per heavy atom. The Labute approximate surface area is 129 Å². The fourth-order valence-electron chi connectivity index (χ4n) is 1.44. The van der Waals surface area contributed by atoms with Crippen LogP contribution in [-0.2, 0) is 10.0 Å². The summed E-state index contributed by atoms with van der Waals surface area (Å²) in [6.07, 6.45) is -4.92. The number of anilines is 1. The number of nitrogens with one attached hydrogen (secondary N) is 2. The van der Waals surface area contributed by atoms with Crippen LogP contribution in [0.15, 0.2) is 22.7 Å². The van der Waals surface area contributed by atoms with E-state index in [0.29, 0.717) is 4.47 Å². The Bertz CT molecular complexity index is 593. The summed E-state index contributed by atoms with van der Waals surface area (Å²) in [6.45, 7) is 1.59. The molecular weight excluding hydrogens is 377 g/mol. The Hall–Kier alpha value is -1.00. The number of hydrogen-bond donors (Lipinski definition) is 2. The predicted molar refractivity (Wildman–Crippen MR) is 76.8 cm³/mol. The first kappa shape index (κ1) is 18.1. The fourth-order valence-corrected chi connectivity index (χ4v) is 2.84. The van der Waals surface area contributed by atoms with Crippen molar-refractivity contribution in [2.45, 2.75) is 18.5 Å². The van der Waals surface area contributed by atoms with Crippen LogP contribution in [0.25, 0.3) is 0 Å². The molecule has 2 N–H and O–H groups in total. The molecule has 1 atom stereocenters. The molecule has 0 aliphatic carbocycles. The average Bonchev–Trinajstić information content (AvgIpc) is 2.31. The van der Waals surface area contributed by atoms with E-state index >= 15 is 0 Å². The third kappa shape index (κ3) is 5.71. The van der Waals surface area contributed by atoms with E-state index in [-0.39, 0.29) is 12.2 Å². The van der Waals surface area contributed by atoms with Gasteiger partial charge in [-0.25, -0.2) is 8.42 Å². The molecule has 0 aromatic heterocycles. The lowest BCUT2D eigenvalue weighted by molar-refractivity contribution is -0.274. The van der Waals surface area contributed by atoms with Crippen molar-refractivity contribution in [3.63, 3.8) is 0 Å². The van der Waals surface area contributed by atoms with Crippen molar-refractivity contribution in [2.24, 2.45) is 0 Å². The quantitative estimate of drug-likeness (QED) is 0.783. The molecule has 0 bridgehead atoms. The van der Waals surface area contributed by atoms with Gasteiger partial charge in [0.05, 0.1) is 10.9 Å². The van der Waals surface area contributed by atoms with Crippen molar-refractivity contribution in [1.82, 2.24) is 5.32 Å². The van der Waals surface area contributed by atoms with Gasteiger partial charge in [0.2, 0.25) is 10.0 Å². The summed E-state index contributed by atoms with van der Waals surface area (Å²) in [4.78, 5) is 0. The summed E-state index contributed by atoms with van der Waals surface area (Å²) in [5.74, 6) is -0.628. The summed E-state index contributed by atoms with van der Waals surface area (Å²) in [7, 11) is -2.27. The molecule has 0 fully saturated rings. The zero-order valence-corrected chi connectivity index (χ0v) is 13.6. The SMILES string of the molecule is CNCC(C)S(=O)(=O)Nc1ccc(Br)cc1OC(F)(F)F. The summed E-state index contributed by atoms with van der Waals surface area (Å²) >= 11 is 3.00. The van der Waals surface area contributed by atoms with Crippen LogP contribution in [0.2, 0.25) is 0 Å². The number of sulfonamides is 1. The molecule has 5 nitrogen and oxygen atoms in total. The maximum Gasteiger partial charge on any atom is 0.573 e. The molecule has 0 amide bonds. The Morgan fingerprint density at radius 2 is 2.00 bits per heavy atom. The number of alkyl halides is 3. The van der Waals surface area contributed by atoms with Gasteiger partial charge in [-0.1, -0.05) is 15.9 Å². The highest BCUT2D eigenvalue weighted by Gasteiger charge is 2.33. The summed E-state index contributed by atoms with van der Waals surface area (Å²) < 4.78 is 67.3. The lowest BCUT2D eigenvalue weighted by Gasteiger charge is -2.18. The first-order valence-electron chi connectivity index (χ1n) is 5.76. The fraction of sp³-hybridized carbons (Fsp3) is 0.455. The van der Waals surface area contributed by atoms with E-state index in [2.05, 4.69) is 30.7 Å². The van der Waals surface area contributed by atoms with Crippen molar-refractivity contribution >= 4 is 31.6 Å². The topological polar surface area (TPSA) is 67.4 Å². The second kappa shape index (κ2) is 6.84. The highest BCUT2D eigenvalue weighted by molar-refractivity contribution is 9.10. The van der Waals surface area contributed by atoms with Gasteiger partial charge in [-0.15, -0.1) is 13.2 Å². The summed E-state index contributed by atoms with van der Waals surface area (Å²) in [5.41, 5.74) is -0.279. The minimum absolute atomic E-state index is 0.154. The van der Waals surface area contributed by atoms with Gasteiger partial charge in [0.25, 0.3) is 0 Å². The van der Waals surface area contributed by atoms with Gasteiger partial charge in [-0.2, -0.15) is 0 Å². The first-order valence-corrected chi connectivity index (χ1v) is 8.10. The van der Waals surface area contributed by atoms with Gasteiger partial charge in [0, 0.05) is 11.0 Å². The van der Waals surface area contributed by atoms with Crippen LogP contribution >= 0.6 is 15.9 Å². The first-order chi connectivity index (χ1) is 9.55. The Morgan fingerprint density at radius 3 is 2.52 bits per heavy atom. The Kier molecular flexibility index (Phi) is 5.88.